The summed E-state index contributed by atoms with van der Waals surface area (Å²) in [6.07, 6.45) is 7.05. The minimum Gasteiger partial charge on any atom is -0.0999 e. The number of allylic oxidation sites excluding steroid dienone is 1. The molecule has 11 heavy (non-hydrogen) atoms. The molecule has 1 fully saturated rings. The van der Waals surface area contributed by atoms with Crippen LogP contribution >= 0.6 is 0 Å². The molecule has 1 saturated carbocycles. The Morgan fingerprint density at radius 2 is 2.00 bits per heavy atom. The molecule has 0 saturated heterocycles. The summed E-state index contributed by atoms with van der Waals surface area (Å²) in [6, 6.07) is 0. The predicted molar refractivity (Wildman–Crippen MR) is 50.6 cm³/mol. The lowest BCUT2D eigenvalue weighted by atomic mass is 9.75. The monoisotopic (exact) mass is 152 g/mol. The summed E-state index contributed by atoms with van der Waals surface area (Å²) in [7, 11) is 0. The fourth-order valence-corrected chi connectivity index (χ4v) is 2.35. The zero-order chi connectivity index (χ0) is 8.27. The molecule has 1 rings (SSSR count). The first-order valence-corrected chi connectivity index (χ1v) is 4.91. The Labute approximate surface area is 70.7 Å². The molecule has 0 unspecified atom stereocenters. The maximum absolute atomic E-state index is 4.08. The molecule has 64 valence electrons. The average molecular weight is 152 g/mol. The number of rotatable bonds is 2. The third-order valence-electron chi connectivity index (χ3n) is 3.07. The summed E-state index contributed by atoms with van der Waals surface area (Å²) in [5, 5.41) is 0. The molecule has 0 radical (unpaired) electrons. The van der Waals surface area contributed by atoms with E-state index in [1.165, 1.54) is 37.7 Å². The number of hydrogen-bond donors (Lipinski definition) is 0. The lowest BCUT2D eigenvalue weighted by molar-refractivity contribution is 0.265. The van der Waals surface area contributed by atoms with Gasteiger partial charge in [0, 0.05) is 0 Å². The van der Waals surface area contributed by atoms with Gasteiger partial charge in [-0.25, -0.2) is 0 Å². The highest BCUT2D eigenvalue weighted by Crippen LogP contribution is 2.35. The van der Waals surface area contributed by atoms with Crippen molar-refractivity contribution in [2.24, 2.45) is 11.8 Å². The van der Waals surface area contributed by atoms with Crippen molar-refractivity contribution in [2.45, 2.75) is 46.0 Å². The van der Waals surface area contributed by atoms with Gasteiger partial charge in [0.25, 0.3) is 0 Å². The Kier molecular flexibility index (Phi) is 3.16. The van der Waals surface area contributed by atoms with Gasteiger partial charge in [0.1, 0.15) is 0 Å². The summed E-state index contributed by atoms with van der Waals surface area (Å²) in [4.78, 5) is 0. The van der Waals surface area contributed by atoms with Gasteiger partial charge in [0.05, 0.1) is 0 Å². The normalized spacial score (nSPS) is 31.8. The summed E-state index contributed by atoms with van der Waals surface area (Å²) in [6.45, 7) is 8.58. The summed E-state index contributed by atoms with van der Waals surface area (Å²) >= 11 is 0. The first-order valence-electron chi connectivity index (χ1n) is 4.91. The molecule has 0 aliphatic heterocycles. The van der Waals surface area contributed by atoms with Crippen LogP contribution in [0.4, 0.5) is 0 Å². The van der Waals surface area contributed by atoms with Crippen molar-refractivity contribution in [1.29, 1.82) is 0 Å². The van der Waals surface area contributed by atoms with Crippen molar-refractivity contribution in [3.05, 3.63) is 12.2 Å². The van der Waals surface area contributed by atoms with E-state index in [-0.39, 0.29) is 0 Å². The molecular weight excluding hydrogens is 132 g/mol. The Balaban J connectivity index is 2.51. The third kappa shape index (κ3) is 2.08. The van der Waals surface area contributed by atoms with Crippen LogP contribution in [0.15, 0.2) is 12.2 Å². The Morgan fingerprint density at radius 3 is 2.45 bits per heavy atom. The molecule has 0 aromatic heterocycles. The maximum atomic E-state index is 4.08. The molecular formula is C11H20. The largest absolute Gasteiger partial charge is 0.0999 e. The van der Waals surface area contributed by atoms with Crippen molar-refractivity contribution in [3.8, 4) is 0 Å². The second-order valence-corrected chi connectivity index (χ2v) is 3.91. The predicted octanol–water partition coefficient (Wildman–Crippen LogP) is 3.78. The summed E-state index contributed by atoms with van der Waals surface area (Å²) in [5.74, 6) is 1.79. The van der Waals surface area contributed by atoms with Crippen molar-refractivity contribution >= 4 is 0 Å². The van der Waals surface area contributed by atoms with Crippen molar-refractivity contribution in [1.82, 2.24) is 0 Å². The van der Waals surface area contributed by atoms with Crippen LogP contribution in [0.2, 0.25) is 0 Å². The van der Waals surface area contributed by atoms with Gasteiger partial charge < -0.3 is 0 Å². The van der Waals surface area contributed by atoms with Gasteiger partial charge in [0.15, 0.2) is 0 Å². The van der Waals surface area contributed by atoms with E-state index in [9.17, 15) is 0 Å². The molecule has 0 heteroatoms. The van der Waals surface area contributed by atoms with Crippen LogP contribution in [0.5, 0.6) is 0 Å². The molecule has 0 aromatic carbocycles. The fraction of sp³-hybridized carbons (Fsp3) is 0.818. The Morgan fingerprint density at radius 1 is 1.36 bits per heavy atom. The van der Waals surface area contributed by atoms with Crippen molar-refractivity contribution in [3.63, 3.8) is 0 Å². The van der Waals surface area contributed by atoms with Crippen LogP contribution in [0.3, 0.4) is 0 Å². The highest BCUT2D eigenvalue weighted by molar-refractivity contribution is 5.00. The van der Waals surface area contributed by atoms with E-state index >= 15 is 0 Å². The van der Waals surface area contributed by atoms with E-state index in [1.54, 1.807) is 0 Å². The first kappa shape index (κ1) is 8.83. The van der Waals surface area contributed by atoms with Gasteiger partial charge >= 0.3 is 0 Å². The van der Waals surface area contributed by atoms with Gasteiger partial charge in [-0.15, -0.1) is 0 Å². The SMILES string of the molecule is C=C(C)[C@H]1CCCC[C@@H]1CC. The van der Waals surface area contributed by atoms with Gasteiger partial charge in [-0.05, 0) is 31.6 Å². The van der Waals surface area contributed by atoms with Gasteiger partial charge in [-0.1, -0.05) is 38.3 Å². The molecule has 2 atom stereocenters. The number of hydrogen-bond acceptors (Lipinski definition) is 0. The molecule has 1 aliphatic carbocycles. The molecule has 0 amide bonds. The molecule has 0 spiro atoms. The molecule has 0 N–H and O–H groups in total. The summed E-state index contributed by atoms with van der Waals surface area (Å²) in [5.41, 5.74) is 1.41. The Hall–Kier alpha value is -0.260. The zero-order valence-corrected chi connectivity index (χ0v) is 7.90. The van der Waals surface area contributed by atoms with Gasteiger partial charge in [-0.3, -0.25) is 0 Å². The second-order valence-electron chi connectivity index (χ2n) is 3.91. The summed E-state index contributed by atoms with van der Waals surface area (Å²) < 4.78 is 0. The molecule has 1 aliphatic rings. The molecule has 0 heterocycles. The van der Waals surface area contributed by atoms with E-state index in [1.807, 2.05) is 0 Å². The standard InChI is InChI=1S/C11H20/c1-4-10-7-5-6-8-11(10)9(2)3/h10-11H,2,4-8H2,1,3H3/t10-,11+/m0/s1. The van der Waals surface area contributed by atoms with Crippen LogP contribution in [0.25, 0.3) is 0 Å². The first-order chi connectivity index (χ1) is 5.25. The lowest BCUT2D eigenvalue weighted by Gasteiger charge is -2.31. The molecule has 0 nitrogen and oxygen atoms in total. The van der Waals surface area contributed by atoms with E-state index in [0.29, 0.717) is 0 Å². The van der Waals surface area contributed by atoms with E-state index in [2.05, 4.69) is 20.4 Å². The highest BCUT2D eigenvalue weighted by atomic mass is 14.3. The Bertz CT molecular complexity index is 135. The van der Waals surface area contributed by atoms with E-state index in [4.69, 9.17) is 0 Å². The van der Waals surface area contributed by atoms with E-state index < -0.39 is 0 Å². The van der Waals surface area contributed by atoms with Crippen LogP contribution in [0, 0.1) is 11.8 Å². The topological polar surface area (TPSA) is 0 Å². The fourth-order valence-electron chi connectivity index (χ4n) is 2.35. The zero-order valence-electron chi connectivity index (χ0n) is 7.90. The quantitative estimate of drug-likeness (QED) is 0.528. The molecule has 0 aromatic rings. The van der Waals surface area contributed by atoms with Crippen molar-refractivity contribution in [2.75, 3.05) is 0 Å². The van der Waals surface area contributed by atoms with Crippen LogP contribution < -0.4 is 0 Å². The highest BCUT2D eigenvalue weighted by Gasteiger charge is 2.23. The second kappa shape index (κ2) is 3.94. The smallest absolute Gasteiger partial charge is 0.0180 e. The van der Waals surface area contributed by atoms with Crippen LogP contribution in [-0.4, -0.2) is 0 Å². The lowest BCUT2D eigenvalue weighted by Crippen LogP contribution is -2.19. The maximum Gasteiger partial charge on any atom is -0.0180 e. The van der Waals surface area contributed by atoms with E-state index in [0.717, 1.165) is 11.8 Å². The van der Waals surface area contributed by atoms with Crippen LogP contribution in [0.1, 0.15) is 46.0 Å². The van der Waals surface area contributed by atoms with Gasteiger partial charge in [-0.2, -0.15) is 0 Å². The molecule has 0 bridgehead atoms. The minimum absolute atomic E-state index is 0.841. The third-order valence-corrected chi connectivity index (χ3v) is 3.07. The minimum atomic E-state index is 0.841. The average Bonchev–Trinajstić information content (AvgIpc) is 2.04. The van der Waals surface area contributed by atoms with Gasteiger partial charge in [0.2, 0.25) is 0 Å². The van der Waals surface area contributed by atoms with Crippen LogP contribution in [-0.2, 0) is 0 Å². The van der Waals surface area contributed by atoms with Crippen molar-refractivity contribution < 1.29 is 0 Å².